The Bertz CT molecular complexity index is 377. The van der Waals surface area contributed by atoms with E-state index in [9.17, 15) is 4.79 Å². The molecule has 0 amide bonds. The molecule has 0 spiro atoms. The van der Waals surface area contributed by atoms with Crippen LogP contribution < -0.4 is 4.90 Å². The van der Waals surface area contributed by atoms with Gasteiger partial charge in [-0.1, -0.05) is 11.6 Å². The Labute approximate surface area is 86.1 Å². The van der Waals surface area contributed by atoms with Crippen molar-refractivity contribution in [2.24, 2.45) is 0 Å². The van der Waals surface area contributed by atoms with Crippen molar-refractivity contribution in [2.75, 3.05) is 18.0 Å². The van der Waals surface area contributed by atoms with E-state index in [2.05, 4.69) is 4.98 Å². The molecule has 0 saturated carbocycles. The fourth-order valence-electron chi connectivity index (χ4n) is 1.40. The highest BCUT2D eigenvalue weighted by Gasteiger charge is 2.21. The van der Waals surface area contributed by atoms with E-state index in [1.54, 1.807) is 6.07 Å². The lowest BCUT2D eigenvalue weighted by atomic mass is 10.1. The average molecular weight is 213 g/mol. The van der Waals surface area contributed by atoms with E-state index >= 15 is 0 Å². The van der Waals surface area contributed by atoms with Crippen molar-refractivity contribution in [3.63, 3.8) is 0 Å². The number of aromatic carboxylic acids is 1. The molecule has 2 rings (SSSR count). The van der Waals surface area contributed by atoms with Crippen molar-refractivity contribution >= 4 is 23.3 Å². The van der Waals surface area contributed by atoms with E-state index in [1.807, 2.05) is 4.90 Å². The zero-order chi connectivity index (χ0) is 10.1. The Morgan fingerprint density at radius 2 is 2.29 bits per heavy atom. The zero-order valence-corrected chi connectivity index (χ0v) is 8.16. The molecule has 1 fully saturated rings. The average Bonchev–Trinajstić information content (AvgIpc) is 2.00. The van der Waals surface area contributed by atoms with Crippen LogP contribution >= 0.6 is 11.6 Å². The van der Waals surface area contributed by atoms with Crippen LogP contribution in [0.2, 0.25) is 5.15 Å². The summed E-state index contributed by atoms with van der Waals surface area (Å²) in [5, 5.41) is 9.25. The van der Waals surface area contributed by atoms with Gasteiger partial charge in [0.1, 0.15) is 10.7 Å². The summed E-state index contributed by atoms with van der Waals surface area (Å²) in [7, 11) is 0. The third kappa shape index (κ3) is 1.53. The van der Waals surface area contributed by atoms with Crippen LogP contribution in [-0.2, 0) is 0 Å². The van der Waals surface area contributed by atoms with Crippen LogP contribution in [0.4, 0.5) is 5.69 Å². The van der Waals surface area contributed by atoms with Crippen molar-refractivity contribution in [1.29, 1.82) is 0 Å². The van der Waals surface area contributed by atoms with Crippen molar-refractivity contribution < 1.29 is 9.90 Å². The standard InChI is InChI=1S/C9H9ClN2O2/c10-8-4-7(12-2-1-3-12)6(5-11-8)9(13)14/h4-5H,1-3H2,(H,13,14). The predicted octanol–water partition coefficient (Wildman–Crippen LogP) is 1.64. The number of rotatable bonds is 2. The SMILES string of the molecule is O=C(O)c1cnc(Cl)cc1N1CCC1. The maximum absolute atomic E-state index is 10.9. The van der Waals surface area contributed by atoms with Crippen LogP contribution in [0.25, 0.3) is 0 Å². The monoisotopic (exact) mass is 212 g/mol. The smallest absolute Gasteiger partial charge is 0.339 e. The molecule has 4 nitrogen and oxygen atoms in total. The molecule has 1 aromatic heterocycles. The summed E-state index contributed by atoms with van der Waals surface area (Å²) < 4.78 is 0. The van der Waals surface area contributed by atoms with Crippen molar-refractivity contribution in [3.05, 3.63) is 23.0 Å². The number of nitrogens with zero attached hydrogens (tertiary/aromatic N) is 2. The number of hydrogen-bond donors (Lipinski definition) is 1. The van der Waals surface area contributed by atoms with Gasteiger partial charge >= 0.3 is 5.97 Å². The van der Waals surface area contributed by atoms with Crippen LogP contribution in [-0.4, -0.2) is 29.1 Å². The number of carboxylic acid groups (broad SMARTS) is 1. The molecule has 0 radical (unpaired) electrons. The molecule has 1 N–H and O–H groups in total. The number of carboxylic acids is 1. The molecule has 1 aliphatic heterocycles. The molecule has 74 valence electrons. The maximum Gasteiger partial charge on any atom is 0.339 e. The first-order chi connectivity index (χ1) is 6.68. The van der Waals surface area contributed by atoms with Crippen molar-refractivity contribution in [3.8, 4) is 0 Å². The number of aromatic nitrogens is 1. The second-order valence-electron chi connectivity index (χ2n) is 3.17. The lowest BCUT2D eigenvalue weighted by Crippen LogP contribution is -2.38. The fraction of sp³-hybridized carbons (Fsp3) is 0.333. The Kier molecular flexibility index (Phi) is 2.29. The summed E-state index contributed by atoms with van der Waals surface area (Å²) in [5.41, 5.74) is 0.887. The number of carbonyl (C=O) groups is 1. The lowest BCUT2D eigenvalue weighted by molar-refractivity contribution is 0.0697. The van der Waals surface area contributed by atoms with Crippen molar-refractivity contribution in [2.45, 2.75) is 6.42 Å². The van der Waals surface area contributed by atoms with Gasteiger partial charge in [0.15, 0.2) is 0 Å². The minimum absolute atomic E-state index is 0.217. The molecule has 0 bridgehead atoms. The van der Waals surface area contributed by atoms with Crippen LogP contribution in [0.3, 0.4) is 0 Å². The third-order valence-corrected chi connectivity index (χ3v) is 2.48. The number of hydrogen-bond acceptors (Lipinski definition) is 3. The molecule has 5 heteroatoms. The minimum atomic E-state index is -0.962. The van der Waals surface area contributed by atoms with Crippen molar-refractivity contribution in [1.82, 2.24) is 4.98 Å². The summed E-state index contributed by atoms with van der Waals surface area (Å²) >= 11 is 5.72. The molecule has 14 heavy (non-hydrogen) atoms. The zero-order valence-electron chi connectivity index (χ0n) is 7.40. The van der Waals surface area contributed by atoms with Crippen LogP contribution in [0.1, 0.15) is 16.8 Å². The highest BCUT2D eigenvalue weighted by atomic mass is 35.5. The van der Waals surface area contributed by atoms with Gasteiger partial charge in [-0.15, -0.1) is 0 Å². The highest BCUT2D eigenvalue weighted by molar-refractivity contribution is 6.29. The van der Waals surface area contributed by atoms with Gasteiger partial charge in [0.2, 0.25) is 0 Å². The Hall–Kier alpha value is -1.29. The van der Waals surface area contributed by atoms with E-state index in [0.29, 0.717) is 10.8 Å². The predicted molar refractivity (Wildman–Crippen MR) is 53.0 cm³/mol. The number of anilines is 1. The molecule has 0 unspecified atom stereocenters. The molecule has 1 aliphatic rings. The molecule has 0 aliphatic carbocycles. The normalized spacial score (nSPS) is 15.1. The van der Waals surface area contributed by atoms with Gasteiger partial charge in [-0.3, -0.25) is 0 Å². The molecule has 1 aromatic rings. The summed E-state index contributed by atoms with van der Waals surface area (Å²) in [4.78, 5) is 16.6. The first-order valence-corrected chi connectivity index (χ1v) is 4.70. The summed E-state index contributed by atoms with van der Waals surface area (Å²) in [6.45, 7) is 1.78. The quantitative estimate of drug-likeness (QED) is 0.758. The molecule has 1 saturated heterocycles. The first kappa shape index (κ1) is 9.27. The van der Waals surface area contributed by atoms with E-state index in [4.69, 9.17) is 16.7 Å². The Morgan fingerprint density at radius 3 is 2.79 bits per heavy atom. The topological polar surface area (TPSA) is 53.4 Å². The second kappa shape index (κ2) is 3.46. The van der Waals surface area contributed by atoms with Gasteiger partial charge < -0.3 is 10.0 Å². The van der Waals surface area contributed by atoms with E-state index < -0.39 is 5.97 Å². The minimum Gasteiger partial charge on any atom is -0.478 e. The summed E-state index contributed by atoms with van der Waals surface area (Å²) in [6.07, 6.45) is 2.40. The van der Waals surface area contributed by atoms with Crippen LogP contribution in [0.5, 0.6) is 0 Å². The van der Waals surface area contributed by atoms with E-state index in [-0.39, 0.29) is 5.56 Å². The molecule has 0 aromatic carbocycles. The molecular weight excluding hydrogens is 204 g/mol. The molecule has 0 atom stereocenters. The molecular formula is C9H9ClN2O2. The number of pyridine rings is 1. The van der Waals surface area contributed by atoms with Gasteiger partial charge in [-0.2, -0.15) is 0 Å². The lowest BCUT2D eigenvalue weighted by Gasteiger charge is -2.33. The van der Waals surface area contributed by atoms with Gasteiger partial charge in [0.05, 0.1) is 5.69 Å². The Morgan fingerprint density at radius 1 is 1.57 bits per heavy atom. The second-order valence-corrected chi connectivity index (χ2v) is 3.56. The van der Waals surface area contributed by atoms with Gasteiger partial charge in [-0.25, -0.2) is 9.78 Å². The number of halogens is 1. The van der Waals surface area contributed by atoms with Gasteiger partial charge in [0.25, 0.3) is 0 Å². The van der Waals surface area contributed by atoms with Gasteiger partial charge in [0, 0.05) is 19.3 Å². The molecule has 2 heterocycles. The largest absolute Gasteiger partial charge is 0.478 e. The van der Waals surface area contributed by atoms with E-state index in [1.165, 1.54) is 6.20 Å². The first-order valence-electron chi connectivity index (χ1n) is 4.32. The maximum atomic E-state index is 10.9. The third-order valence-electron chi connectivity index (χ3n) is 2.28. The van der Waals surface area contributed by atoms with Gasteiger partial charge in [-0.05, 0) is 12.5 Å². The van der Waals surface area contributed by atoms with Crippen LogP contribution in [0, 0.1) is 0 Å². The summed E-state index contributed by atoms with van der Waals surface area (Å²) in [6, 6.07) is 1.60. The summed E-state index contributed by atoms with van der Waals surface area (Å²) in [5.74, 6) is -0.962. The van der Waals surface area contributed by atoms with Crippen LogP contribution in [0.15, 0.2) is 12.3 Å². The fourth-order valence-corrected chi connectivity index (χ4v) is 1.56. The highest BCUT2D eigenvalue weighted by Crippen LogP contribution is 2.26. The Balaban J connectivity index is 2.42. The van der Waals surface area contributed by atoms with E-state index in [0.717, 1.165) is 19.5 Å².